The first-order valence-electron chi connectivity index (χ1n) is 5.56. The summed E-state index contributed by atoms with van der Waals surface area (Å²) in [6, 6.07) is 5.68. The number of thioether (sulfide) groups is 1. The number of nitrogens with one attached hydrogen (secondary N) is 1. The van der Waals surface area contributed by atoms with E-state index in [1.165, 1.54) is 12.1 Å². The Bertz CT molecular complexity index is 407. The zero-order valence-electron chi connectivity index (χ0n) is 9.36. The number of carbonyl (C=O) groups is 1. The van der Waals surface area contributed by atoms with Crippen molar-refractivity contribution in [3.8, 4) is 0 Å². The molecule has 1 heterocycles. The average Bonchev–Trinajstić information content (AvgIpc) is 2.78. The zero-order chi connectivity index (χ0) is 12.3. The maximum atomic E-state index is 13.0. The molecule has 92 valence electrons. The predicted molar refractivity (Wildman–Crippen MR) is 68.4 cm³/mol. The van der Waals surface area contributed by atoms with Crippen LogP contribution in [0.3, 0.4) is 0 Å². The number of nitrogens with two attached hydrogens (primary N) is 1. The van der Waals surface area contributed by atoms with Gasteiger partial charge in [0.25, 0.3) is 0 Å². The van der Waals surface area contributed by atoms with Crippen LogP contribution in [0.4, 0.5) is 10.1 Å². The summed E-state index contributed by atoms with van der Waals surface area (Å²) in [5.74, 6) is 1.52. The lowest BCUT2D eigenvalue weighted by atomic mass is 9.98. The fourth-order valence-corrected chi connectivity index (χ4v) is 3.29. The minimum absolute atomic E-state index is 0.237. The Morgan fingerprint density at radius 3 is 3.00 bits per heavy atom. The molecule has 1 aromatic carbocycles. The van der Waals surface area contributed by atoms with Crippen molar-refractivity contribution in [3.63, 3.8) is 0 Å². The van der Waals surface area contributed by atoms with Crippen LogP contribution in [0.1, 0.15) is 6.42 Å². The summed E-state index contributed by atoms with van der Waals surface area (Å²) in [6.45, 7) is 0. The Labute approximate surface area is 104 Å². The number of carbonyl (C=O) groups excluding carboxylic acids is 1. The van der Waals surface area contributed by atoms with E-state index in [1.54, 1.807) is 12.1 Å². The van der Waals surface area contributed by atoms with Crippen molar-refractivity contribution in [1.29, 1.82) is 0 Å². The number of halogens is 1. The fraction of sp³-hybridized carbons (Fsp3) is 0.417. The van der Waals surface area contributed by atoms with E-state index in [0.717, 1.165) is 17.9 Å². The van der Waals surface area contributed by atoms with Crippen LogP contribution in [-0.2, 0) is 4.79 Å². The third-order valence-electron chi connectivity index (χ3n) is 2.89. The first kappa shape index (κ1) is 12.2. The van der Waals surface area contributed by atoms with E-state index in [2.05, 4.69) is 5.32 Å². The first-order chi connectivity index (χ1) is 8.16. The molecule has 1 aromatic rings. The molecule has 0 radical (unpaired) electrons. The molecule has 1 fully saturated rings. The maximum absolute atomic E-state index is 13.0. The van der Waals surface area contributed by atoms with Gasteiger partial charge in [0.15, 0.2) is 0 Å². The monoisotopic (exact) mass is 254 g/mol. The lowest BCUT2D eigenvalue weighted by Crippen LogP contribution is -2.41. The highest BCUT2D eigenvalue weighted by Gasteiger charge is 2.29. The van der Waals surface area contributed by atoms with Gasteiger partial charge in [-0.15, -0.1) is 0 Å². The molecule has 3 N–H and O–H groups in total. The van der Waals surface area contributed by atoms with Gasteiger partial charge in [0.05, 0.1) is 0 Å². The Kier molecular flexibility index (Phi) is 3.89. The highest BCUT2D eigenvalue weighted by atomic mass is 32.2. The minimum Gasteiger partial charge on any atom is -0.373 e. The Balaban J connectivity index is 2.09. The van der Waals surface area contributed by atoms with Crippen molar-refractivity contribution in [1.82, 2.24) is 0 Å². The summed E-state index contributed by atoms with van der Waals surface area (Å²) in [5, 5.41) is 3.03. The van der Waals surface area contributed by atoms with E-state index in [0.29, 0.717) is 5.69 Å². The predicted octanol–water partition coefficient (Wildman–Crippen LogP) is 1.84. The molecule has 0 bridgehead atoms. The van der Waals surface area contributed by atoms with Crippen LogP contribution in [0.15, 0.2) is 24.3 Å². The number of hydrogen-bond acceptors (Lipinski definition) is 3. The molecule has 0 aliphatic carbocycles. The molecule has 1 amide bonds. The molecule has 1 aliphatic heterocycles. The second-order valence-electron chi connectivity index (χ2n) is 4.16. The summed E-state index contributed by atoms with van der Waals surface area (Å²) in [6.07, 6.45) is 0.973. The molecule has 17 heavy (non-hydrogen) atoms. The standard InChI is InChI=1S/C12H15FN2OS/c13-9-2-1-3-10(6-9)15-11(12(14)16)8-4-5-17-7-8/h1-3,6,8,11,15H,4-5,7H2,(H2,14,16). The van der Waals surface area contributed by atoms with Crippen LogP contribution < -0.4 is 11.1 Å². The molecular weight excluding hydrogens is 239 g/mol. The Hall–Kier alpha value is -1.23. The molecule has 2 unspecified atom stereocenters. The molecule has 2 rings (SSSR count). The Morgan fingerprint density at radius 2 is 2.41 bits per heavy atom. The summed E-state index contributed by atoms with van der Waals surface area (Å²) >= 11 is 1.82. The zero-order valence-corrected chi connectivity index (χ0v) is 10.2. The van der Waals surface area contributed by atoms with E-state index in [1.807, 2.05) is 11.8 Å². The second kappa shape index (κ2) is 5.40. The van der Waals surface area contributed by atoms with Crippen LogP contribution in [0.5, 0.6) is 0 Å². The van der Waals surface area contributed by atoms with Gasteiger partial charge in [0.1, 0.15) is 11.9 Å². The van der Waals surface area contributed by atoms with E-state index in [4.69, 9.17) is 5.73 Å². The maximum Gasteiger partial charge on any atom is 0.240 e. The molecule has 1 aliphatic rings. The minimum atomic E-state index is -0.410. The van der Waals surface area contributed by atoms with Gasteiger partial charge in [-0.05, 0) is 42.0 Å². The fourth-order valence-electron chi connectivity index (χ4n) is 1.99. The third-order valence-corrected chi connectivity index (χ3v) is 4.08. The van der Waals surface area contributed by atoms with E-state index >= 15 is 0 Å². The van der Waals surface area contributed by atoms with Crippen molar-refractivity contribution in [2.75, 3.05) is 16.8 Å². The van der Waals surface area contributed by atoms with Crippen LogP contribution >= 0.6 is 11.8 Å². The number of anilines is 1. The lowest BCUT2D eigenvalue weighted by Gasteiger charge is -2.22. The highest BCUT2D eigenvalue weighted by molar-refractivity contribution is 7.99. The largest absolute Gasteiger partial charge is 0.373 e. The summed E-state index contributed by atoms with van der Waals surface area (Å²) in [7, 11) is 0. The van der Waals surface area contributed by atoms with Gasteiger partial charge >= 0.3 is 0 Å². The smallest absolute Gasteiger partial charge is 0.240 e. The molecule has 0 aromatic heterocycles. The molecule has 3 nitrogen and oxygen atoms in total. The number of benzene rings is 1. The van der Waals surface area contributed by atoms with Gasteiger partial charge in [-0.1, -0.05) is 6.07 Å². The number of hydrogen-bond donors (Lipinski definition) is 2. The SMILES string of the molecule is NC(=O)C(Nc1cccc(F)c1)C1CCSC1. The number of amides is 1. The number of primary amides is 1. The van der Waals surface area contributed by atoms with Gasteiger partial charge in [-0.25, -0.2) is 4.39 Å². The summed E-state index contributed by atoms with van der Waals surface area (Å²) in [5.41, 5.74) is 6.00. The van der Waals surface area contributed by atoms with E-state index in [9.17, 15) is 9.18 Å². The first-order valence-corrected chi connectivity index (χ1v) is 6.71. The molecule has 0 saturated carbocycles. The van der Waals surface area contributed by atoms with Crippen molar-refractivity contribution in [2.45, 2.75) is 12.5 Å². The highest BCUT2D eigenvalue weighted by Crippen LogP contribution is 2.28. The van der Waals surface area contributed by atoms with E-state index in [-0.39, 0.29) is 17.6 Å². The van der Waals surface area contributed by atoms with Crippen molar-refractivity contribution >= 4 is 23.4 Å². The van der Waals surface area contributed by atoms with Gasteiger partial charge in [0, 0.05) is 5.69 Å². The van der Waals surface area contributed by atoms with Gasteiger partial charge in [0.2, 0.25) is 5.91 Å². The normalized spacial score (nSPS) is 21.1. The van der Waals surface area contributed by atoms with Crippen LogP contribution in [0.2, 0.25) is 0 Å². The topological polar surface area (TPSA) is 55.1 Å². The van der Waals surface area contributed by atoms with Crippen molar-refractivity contribution in [3.05, 3.63) is 30.1 Å². The number of rotatable bonds is 4. The van der Waals surface area contributed by atoms with Crippen LogP contribution in [-0.4, -0.2) is 23.5 Å². The summed E-state index contributed by atoms with van der Waals surface area (Å²) in [4.78, 5) is 11.4. The van der Waals surface area contributed by atoms with Crippen LogP contribution in [0.25, 0.3) is 0 Å². The second-order valence-corrected chi connectivity index (χ2v) is 5.31. The van der Waals surface area contributed by atoms with Crippen LogP contribution in [0, 0.1) is 11.7 Å². The van der Waals surface area contributed by atoms with E-state index < -0.39 is 6.04 Å². The molecular formula is C12H15FN2OS. The lowest BCUT2D eigenvalue weighted by molar-refractivity contribution is -0.119. The van der Waals surface area contributed by atoms with Gasteiger partial charge in [-0.3, -0.25) is 4.79 Å². The van der Waals surface area contributed by atoms with Crippen molar-refractivity contribution < 1.29 is 9.18 Å². The quantitative estimate of drug-likeness (QED) is 0.862. The van der Waals surface area contributed by atoms with Crippen molar-refractivity contribution in [2.24, 2.45) is 11.7 Å². The average molecular weight is 254 g/mol. The molecule has 1 saturated heterocycles. The molecule has 2 atom stereocenters. The molecule has 5 heteroatoms. The van der Waals surface area contributed by atoms with Gasteiger partial charge < -0.3 is 11.1 Å². The molecule has 0 spiro atoms. The van der Waals surface area contributed by atoms with Gasteiger partial charge in [-0.2, -0.15) is 11.8 Å². The third kappa shape index (κ3) is 3.12. The Morgan fingerprint density at radius 1 is 1.59 bits per heavy atom. The summed E-state index contributed by atoms with van der Waals surface area (Å²) < 4.78 is 13.0.